The molecule has 1 fully saturated rings. The maximum atomic E-state index is 12.1. The molecule has 0 spiro atoms. The Hall–Kier alpha value is -1.13. The number of carbonyl (C=O) groups is 1. The van der Waals surface area contributed by atoms with Crippen LogP contribution >= 0.6 is 15.9 Å². The van der Waals surface area contributed by atoms with E-state index in [1.54, 1.807) is 0 Å². The van der Waals surface area contributed by atoms with E-state index in [1.807, 2.05) is 38.1 Å². The highest BCUT2D eigenvalue weighted by atomic mass is 79.9. The Bertz CT molecular complexity index is 490. The lowest BCUT2D eigenvalue weighted by atomic mass is 10.0. The van der Waals surface area contributed by atoms with Crippen LogP contribution in [0.3, 0.4) is 0 Å². The van der Waals surface area contributed by atoms with Gasteiger partial charge in [0, 0.05) is 23.1 Å². The molecule has 1 saturated heterocycles. The Kier molecular flexibility index (Phi) is 4.19. The van der Waals surface area contributed by atoms with Crippen LogP contribution in [0.15, 0.2) is 39.9 Å². The highest BCUT2D eigenvalue weighted by molar-refractivity contribution is 9.10. The molecule has 1 aromatic rings. The summed E-state index contributed by atoms with van der Waals surface area (Å²) in [6.45, 7) is 5.55. The van der Waals surface area contributed by atoms with Crippen molar-refractivity contribution in [1.82, 2.24) is 10.6 Å². The van der Waals surface area contributed by atoms with E-state index in [0.29, 0.717) is 0 Å². The molecule has 2 N–H and O–H groups in total. The van der Waals surface area contributed by atoms with Crippen LogP contribution in [0, 0.1) is 0 Å². The number of rotatable bonds is 3. The molecule has 3 nitrogen and oxygen atoms in total. The molecule has 0 bridgehead atoms. The smallest absolute Gasteiger partial charge is 0.247 e. The summed E-state index contributed by atoms with van der Waals surface area (Å²) in [6, 6.07) is 7.94. The third-order valence-electron chi connectivity index (χ3n) is 3.27. The molecular weight excluding hydrogens is 292 g/mol. The minimum Gasteiger partial charge on any atom is -0.346 e. The molecule has 2 rings (SSSR count). The molecule has 0 unspecified atom stereocenters. The summed E-state index contributed by atoms with van der Waals surface area (Å²) in [7, 11) is 0. The van der Waals surface area contributed by atoms with Crippen LogP contribution in [0.25, 0.3) is 0 Å². The Balaban J connectivity index is 2.06. The van der Waals surface area contributed by atoms with E-state index in [0.717, 1.165) is 28.7 Å². The first-order chi connectivity index (χ1) is 8.59. The van der Waals surface area contributed by atoms with Crippen LogP contribution < -0.4 is 10.6 Å². The van der Waals surface area contributed by atoms with Gasteiger partial charge in [-0.2, -0.15) is 0 Å². The maximum Gasteiger partial charge on any atom is 0.247 e. The van der Waals surface area contributed by atoms with E-state index in [-0.39, 0.29) is 11.9 Å². The van der Waals surface area contributed by atoms with Gasteiger partial charge in [0.2, 0.25) is 5.91 Å². The van der Waals surface area contributed by atoms with Gasteiger partial charge in [-0.3, -0.25) is 4.79 Å². The first kappa shape index (κ1) is 13.3. The molecule has 1 amide bonds. The Morgan fingerprint density at radius 3 is 2.61 bits per heavy atom. The molecule has 18 heavy (non-hydrogen) atoms. The molecule has 4 heteroatoms. The number of hydrogen-bond donors (Lipinski definition) is 2. The van der Waals surface area contributed by atoms with Crippen molar-refractivity contribution in [2.75, 3.05) is 13.1 Å². The summed E-state index contributed by atoms with van der Waals surface area (Å²) < 4.78 is 1.02. The standard InChI is InChI=1S/C14H17BrN2O/c1-9(11-7-16-8-11)14(18)17-10(2)12-5-3-4-6-13(12)15/h3-6,10,16H,7-8H2,1-2H3,(H,17,18)/t10-/m1/s1. The van der Waals surface area contributed by atoms with Crippen LogP contribution in [0.1, 0.15) is 25.5 Å². The van der Waals surface area contributed by atoms with Crippen molar-refractivity contribution < 1.29 is 4.79 Å². The van der Waals surface area contributed by atoms with Crippen LogP contribution in [0.2, 0.25) is 0 Å². The maximum absolute atomic E-state index is 12.1. The summed E-state index contributed by atoms with van der Waals surface area (Å²) in [4.78, 5) is 12.1. The number of hydrogen-bond acceptors (Lipinski definition) is 2. The molecule has 0 radical (unpaired) electrons. The van der Waals surface area contributed by atoms with Gasteiger partial charge in [-0.05, 0) is 31.1 Å². The van der Waals surface area contributed by atoms with Gasteiger partial charge >= 0.3 is 0 Å². The highest BCUT2D eigenvalue weighted by Gasteiger charge is 2.18. The van der Waals surface area contributed by atoms with Crippen molar-refractivity contribution in [3.8, 4) is 0 Å². The lowest BCUT2D eigenvalue weighted by Crippen LogP contribution is -2.38. The number of nitrogens with one attached hydrogen (secondary N) is 2. The third-order valence-corrected chi connectivity index (χ3v) is 3.99. The van der Waals surface area contributed by atoms with Crippen molar-refractivity contribution in [2.45, 2.75) is 19.9 Å². The van der Waals surface area contributed by atoms with Gasteiger partial charge in [0.15, 0.2) is 0 Å². The monoisotopic (exact) mass is 308 g/mol. The molecule has 1 aromatic carbocycles. The molecule has 1 atom stereocenters. The number of benzene rings is 1. The summed E-state index contributed by atoms with van der Waals surface area (Å²) in [5, 5.41) is 6.18. The zero-order chi connectivity index (χ0) is 13.1. The van der Waals surface area contributed by atoms with Gasteiger partial charge in [0.25, 0.3) is 0 Å². The van der Waals surface area contributed by atoms with E-state index in [9.17, 15) is 4.79 Å². The minimum atomic E-state index is -0.00309. The molecule has 1 aliphatic heterocycles. The zero-order valence-corrected chi connectivity index (χ0v) is 12.2. The second kappa shape index (κ2) is 5.67. The molecule has 1 heterocycles. The van der Waals surface area contributed by atoms with Gasteiger partial charge in [0.05, 0.1) is 6.04 Å². The van der Waals surface area contributed by atoms with Gasteiger partial charge < -0.3 is 10.6 Å². The average Bonchev–Trinajstić information content (AvgIpc) is 2.26. The molecular formula is C14H17BrN2O. The third kappa shape index (κ3) is 2.82. The predicted molar refractivity (Wildman–Crippen MR) is 76.3 cm³/mol. The van der Waals surface area contributed by atoms with Crippen molar-refractivity contribution in [3.63, 3.8) is 0 Å². The fourth-order valence-electron chi connectivity index (χ4n) is 1.88. The molecule has 1 aliphatic rings. The van der Waals surface area contributed by atoms with Crippen molar-refractivity contribution in [3.05, 3.63) is 45.4 Å². The molecule has 0 saturated carbocycles. The summed E-state index contributed by atoms with van der Waals surface area (Å²) >= 11 is 3.50. The Morgan fingerprint density at radius 1 is 1.39 bits per heavy atom. The highest BCUT2D eigenvalue weighted by Crippen LogP contribution is 2.23. The normalized spacial score (nSPS) is 15.8. The van der Waals surface area contributed by atoms with Crippen molar-refractivity contribution >= 4 is 21.8 Å². The van der Waals surface area contributed by atoms with Gasteiger partial charge in [-0.1, -0.05) is 34.1 Å². The summed E-state index contributed by atoms with van der Waals surface area (Å²) in [5.74, 6) is 0.0229. The van der Waals surface area contributed by atoms with Crippen LogP contribution in [-0.4, -0.2) is 19.0 Å². The van der Waals surface area contributed by atoms with E-state index < -0.39 is 0 Å². The van der Waals surface area contributed by atoms with Crippen LogP contribution in [0.4, 0.5) is 0 Å². The molecule has 0 aromatic heterocycles. The fraction of sp³-hybridized carbons (Fsp3) is 0.357. The predicted octanol–water partition coefficient (Wildman–Crippen LogP) is 2.55. The topological polar surface area (TPSA) is 41.1 Å². The van der Waals surface area contributed by atoms with Gasteiger partial charge in [-0.15, -0.1) is 0 Å². The first-order valence-corrected chi connectivity index (χ1v) is 6.83. The van der Waals surface area contributed by atoms with Gasteiger partial charge in [0.1, 0.15) is 0 Å². The lowest BCUT2D eigenvalue weighted by Gasteiger charge is -2.23. The SMILES string of the molecule is CC(C(=O)N[C@H](C)c1ccccc1Br)=C1CNC1. The zero-order valence-electron chi connectivity index (χ0n) is 10.6. The minimum absolute atomic E-state index is 0.00309. The number of carbonyl (C=O) groups excluding carboxylic acids is 1. The fourth-order valence-corrected chi connectivity index (χ4v) is 2.51. The first-order valence-electron chi connectivity index (χ1n) is 6.04. The van der Waals surface area contributed by atoms with Crippen LogP contribution in [-0.2, 0) is 4.79 Å². The van der Waals surface area contributed by atoms with Crippen molar-refractivity contribution in [1.29, 1.82) is 0 Å². The Morgan fingerprint density at radius 2 is 2.06 bits per heavy atom. The lowest BCUT2D eigenvalue weighted by molar-refractivity contribution is -0.118. The second-order valence-corrected chi connectivity index (χ2v) is 5.40. The average molecular weight is 309 g/mol. The van der Waals surface area contributed by atoms with E-state index in [4.69, 9.17) is 0 Å². The quantitative estimate of drug-likeness (QED) is 0.843. The van der Waals surface area contributed by atoms with Crippen LogP contribution in [0.5, 0.6) is 0 Å². The number of halogens is 1. The second-order valence-electron chi connectivity index (χ2n) is 4.55. The van der Waals surface area contributed by atoms with Crippen molar-refractivity contribution in [2.24, 2.45) is 0 Å². The van der Waals surface area contributed by atoms with E-state index >= 15 is 0 Å². The number of amides is 1. The van der Waals surface area contributed by atoms with Gasteiger partial charge in [-0.25, -0.2) is 0 Å². The molecule has 0 aliphatic carbocycles. The van der Waals surface area contributed by atoms with E-state index in [1.165, 1.54) is 5.57 Å². The summed E-state index contributed by atoms with van der Waals surface area (Å²) in [6.07, 6.45) is 0. The molecule has 96 valence electrons. The Labute approximate surface area is 116 Å². The van der Waals surface area contributed by atoms with E-state index in [2.05, 4.69) is 26.6 Å². The largest absolute Gasteiger partial charge is 0.346 e. The summed E-state index contributed by atoms with van der Waals surface area (Å²) in [5.41, 5.74) is 3.13.